The normalized spacial score (nSPS) is 21.2. The third kappa shape index (κ3) is 9.55. The molecule has 230 valence electrons. The van der Waals surface area contributed by atoms with E-state index in [4.69, 9.17) is 9.47 Å². The largest absolute Gasteiger partial charge is 0.486 e. The summed E-state index contributed by atoms with van der Waals surface area (Å²) in [4.78, 5) is 28.7. The minimum absolute atomic E-state index is 0.0260. The second kappa shape index (κ2) is 17.5. The standard InChI is InChI=1S/C33H52N2O6/c1-4-5-6-7-8-9-10-11-12-18-29(37)35(20-15-22-40-24(2)3)27-23-26(33(39)34-19-21-36)30-25-16-13-14-17-28(25)41-32(30)31(27)38/h13-14,16-17,23-24,27,30-32,36,38H,4-12,15,18-22H2,1-3H3,(H,34,39)/t27-,30+,31+,32+/m1/s1. The summed E-state index contributed by atoms with van der Waals surface area (Å²) in [7, 11) is 0. The number of aliphatic hydroxyl groups is 2. The summed E-state index contributed by atoms with van der Waals surface area (Å²) in [5.74, 6) is -0.154. The van der Waals surface area contributed by atoms with Crippen molar-refractivity contribution >= 4 is 11.8 Å². The van der Waals surface area contributed by atoms with E-state index in [1.807, 2.05) is 38.1 Å². The van der Waals surface area contributed by atoms with Crippen molar-refractivity contribution in [1.82, 2.24) is 10.2 Å². The minimum atomic E-state index is -1.00. The first kappa shape index (κ1) is 33.1. The van der Waals surface area contributed by atoms with Crippen molar-refractivity contribution in [3.63, 3.8) is 0 Å². The van der Waals surface area contributed by atoms with Crippen molar-refractivity contribution in [3.8, 4) is 5.75 Å². The fourth-order valence-electron chi connectivity index (χ4n) is 5.92. The molecule has 8 heteroatoms. The summed E-state index contributed by atoms with van der Waals surface area (Å²) >= 11 is 0. The molecule has 1 aliphatic heterocycles. The van der Waals surface area contributed by atoms with Gasteiger partial charge in [0, 0.05) is 37.3 Å². The van der Waals surface area contributed by atoms with Crippen LogP contribution in [0.15, 0.2) is 35.9 Å². The average molecular weight is 573 g/mol. The highest BCUT2D eigenvalue weighted by molar-refractivity contribution is 5.96. The van der Waals surface area contributed by atoms with Gasteiger partial charge in [0.2, 0.25) is 11.8 Å². The fraction of sp³-hybridized carbons (Fsp3) is 0.697. The maximum atomic E-state index is 13.7. The van der Waals surface area contributed by atoms with Gasteiger partial charge in [-0.3, -0.25) is 9.59 Å². The summed E-state index contributed by atoms with van der Waals surface area (Å²) in [5, 5.41) is 23.7. The van der Waals surface area contributed by atoms with Gasteiger partial charge in [0.05, 0.1) is 24.7 Å². The van der Waals surface area contributed by atoms with E-state index in [-0.39, 0.29) is 31.1 Å². The van der Waals surface area contributed by atoms with Gasteiger partial charge in [-0.2, -0.15) is 0 Å². The van der Waals surface area contributed by atoms with E-state index in [1.165, 1.54) is 38.5 Å². The van der Waals surface area contributed by atoms with E-state index < -0.39 is 24.2 Å². The fourth-order valence-corrected chi connectivity index (χ4v) is 5.92. The number of para-hydroxylation sites is 1. The Bertz CT molecular complexity index is 980. The van der Waals surface area contributed by atoms with Gasteiger partial charge in [-0.25, -0.2) is 0 Å². The van der Waals surface area contributed by atoms with E-state index in [1.54, 1.807) is 11.0 Å². The summed E-state index contributed by atoms with van der Waals surface area (Å²) < 4.78 is 11.9. The second-order valence-electron chi connectivity index (χ2n) is 11.6. The Morgan fingerprint density at radius 3 is 2.39 bits per heavy atom. The molecule has 2 aliphatic rings. The highest BCUT2D eigenvalue weighted by Gasteiger charge is 2.50. The van der Waals surface area contributed by atoms with Crippen molar-refractivity contribution in [1.29, 1.82) is 0 Å². The summed E-state index contributed by atoms with van der Waals surface area (Å²) in [5.41, 5.74) is 1.31. The lowest BCUT2D eigenvalue weighted by atomic mass is 9.77. The Morgan fingerprint density at radius 1 is 1.02 bits per heavy atom. The molecule has 0 saturated heterocycles. The Kier molecular flexibility index (Phi) is 14.1. The van der Waals surface area contributed by atoms with Crippen molar-refractivity contribution in [2.75, 3.05) is 26.3 Å². The van der Waals surface area contributed by atoms with Crippen molar-refractivity contribution in [2.45, 2.75) is 122 Å². The zero-order chi connectivity index (χ0) is 29.6. The van der Waals surface area contributed by atoms with Crippen molar-refractivity contribution in [3.05, 3.63) is 41.5 Å². The van der Waals surface area contributed by atoms with Crippen LogP contribution in [0, 0.1) is 0 Å². The van der Waals surface area contributed by atoms with Crippen LogP contribution in [0.25, 0.3) is 0 Å². The van der Waals surface area contributed by atoms with E-state index in [2.05, 4.69) is 12.2 Å². The maximum Gasteiger partial charge on any atom is 0.247 e. The Labute approximate surface area is 246 Å². The zero-order valence-corrected chi connectivity index (χ0v) is 25.4. The minimum Gasteiger partial charge on any atom is -0.486 e. The van der Waals surface area contributed by atoms with Gasteiger partial charge < -0.3 is 29.9 Å². The third-order valence-corrected chi connectivity index (χ3v) is 8.05. The lowest BCUT2D eigenvalue weighted by molar-refractivity contribution is -0.137. The molecule has 2 amide bonds. The highest BCUT2D eigenvalue weighted by atomic mass is 16.5. The van der Waals surface area contributed by atoms with Crippen molar-refractivity contribution < 1.29 is 29.3 Å². The van der Waals surface area contributed by atoms with Gasteiger partial charge in [0.1, 0.15) is 18.0 Å². The molecule has 0 radical (unpaired) electrons. The number of carbonyl (C=O) groups is 2. The van der Waals surface area contributed by atoms with E-state index in [0.717, 1.165) is 24.8 Å². The summed E-state index contributed by atoms with van der Waals surface area (Å²) in [6.45, 7) is 7.05. The third-order valence-electron chi connectivity index (χ3n) is 8.05. The zero-order valence-electron chi connectivity index (χ0n) is 25.4. The number of amides is 2. The topological polar surface area (TPSA) is 108 Å². The number of rotatable bonds is 19. The van der Waals surface area contributed by atoms with Crippen LogP contribution in [0.2, 0.25) is 0 Å². The predicted octanol–water partition coefficient (Wildman–Crippen LogP) is 4.87. The Balaban J connectivity index is 1.74. The number of hydrogen-bond acceptors (Lipinski definition) is 6. The quantitative estimate of drug-likeness (QED) is 0.204. The number of fused-ring (bicyclic) bond motifs is 3. The molecule has 0 aromatic heterocycles. The molecule has 1 aromatic rings. The van der Waals surface area contributed by atoms with E-state index in [0.29, 0.717) is 37.3 Å². The molecule has 0 bridgehead atoms. The Morgan fingerprint density at radius 2 is 1.71 bits per heavy atom. The molecule has 8 nitrogen and oxygen atoms in total. The smallest absolute Gasteiger partial charge is 0.247 e. The summed E-state index contributed by atoms with van der Waals surface area (Å²) in [6, 6.07) is 6.81. The van der Waals surface area contributed by atoms with Gasteiger partial charge in [-0.05, 0) is 38.8 Å². The van der Waals surface area contributed by atoms with Gasteiger partial charge in [0.15, 0.2) is 0 Å². The predicted molar refractivity (Wildman–Crippen MR) is 161 cm³/mol. The maximum absolute atomic E-state index is 13.7. The summed E-state index contributed by atoms with van der Waals surface area (Å²) in [6.07, 6.45) is 11.7. The lowest BCUT2D eigenvalue weighted by Gasteiger charge is -2.41. The van der Waals surface area contributed by atoms with Gasteiger partial charge >= 0.3 is 0 Å². The van der Waals surface area contributed by atoms with Gasteiger partial charge in [-0.15, -0.1) is 0 Å². The number of aliphatic hydroxyl groups excluding tert-OH is 2. The number of benzene rings is 1. The number of carbonyl (C=O) groups excluding carboxylic acids is 2. The molecular formula is C33H52N2O6. The molecule has 41 heavy (non-hydrogen) atoms. The van der Waals surface area contributed by atoms with E-state index in [9.17, 15) is 19.8 Å². The first-order valence-corrected chi connectivity index (χ1v) is 15.8. The van der Waals surface area contributed by atoms with Crippen LogP contribution < -0.4 is 10.1 Å². The highest BCUT2D eigenvalue weighted by Crippen LogP contribution is 2.47. The number of nitrogens with one attached hydrogen (secondary N) is 1. The number of unbranched alkanes of at least 4 members (excludes halogenated alkanes) is 8. The van der Waals surface area contributed by atoms with Crippen LogP contribution in [-0.4, -0.2) is 77.6 Å². The van der Waals surface area contributed by atoms with Gasteiger partial charge in [0.25, 0.3) is 0 Å². The van der Waals surface area contributed by atoms with Crippen molar-refractivity contribution in [2.24, 2.45) is 0 Å². The van der Waals surface area contributed by atoms with Crippen LogP contribution in [0.3, 0.4) is 0 Å². The molecule has 3 N–H and O–H groups in total. The van der Waals surface area contributed by atoms with Crippen LogP contribution in [-0.2, 0) is 14.3 Å². The van der Waals surface area contributed by atoms with E-state index >= 15 is 0 Å². The average Bonchev–Trinajstić information content (AvgIpc) is 3.36. The molecule has 1 aliphatic carbocycles. The molecule has 1 heterocycles. The first-order chi connectivity index (χ1) is 19.9. The molecule has 0 saturated carbocycles. The molecule has 1 aromatic carbocycles. The molecular weight excluding hydrogens is 520 g/mol. The molecule has 3 rings (SSSR count). The molecule has 0 spiro atoms. The number of hydrogen-bond donors (Lipinski definition) is 3. The number of ether oxygens (including phenoxy) is 2. The van der Waals surface area contributed by atoms with Crippen LogP contribution in [0.5, 0.6) is 5.75 Å². The Hall–Kier alpha value is -2.42. The molecule has 4 atom stereocenters. The first-order valence-electron chi connectivity index (χ1n) is 15.8. The second-order valence-corrected chi connectivity index (χ2v) is 11.6. The monoisotopic (exact) mass is 572 g/mol. The SMILES string of the molecule is CCCCCCCCCCCC(=O)N(CCCOC(C)C)[C@@H]1C=C(C(=O)NCCO)[C@@H]2c3ccccc3O[C@@H]2[C@H]1O. The molecule has 0 unspecified atom stereocenters. The van der Waals surface area contributed by atoms with Crippen LogP contribution in [0.1, 0.15) is 103 Å². The van der Waals surface area contributed by atoms with Crippen LogP contribution >= 0.6 is 0 Å². The lowest BCUT2D eigenvalue weighted by Crippen LogP contribution is -2.56. The van der Waals surface area contributed by atoms with Gasteiger partial charge in [-0.1, -0.05) is 76.5 Å². The molecule has 0 fully saturated rings. The van der Waals surface area contributed by atoms with Crippen LogP contribution in [0.4, 0.5) is 0 Å². The number of nitrogens with zero attached hydrogens (tertiary/aromatic N) is 1.